The van der Waals surface area contributed by atoms with Crippen LogP contribution in [-0.2, 0) is 6.61 Å². The van der Waals surface area contributed by atoms with E-state index in [1.807, 2.05) is 0 Å². The van der Waals surface area contributed by atoms with Crippen LogP contribution in [0.25, 0.3) is 11.1 Å². The van der Waals surface area contributed by atoms with Crippen molar-refractivity contribution in [1.82, 2.24) is 4.98 Å². The second kappa shape index (κ2) is 2.99. The van der Waals surface area contributed by atoms with E-state index in [1.165, 1.54) is 0 Å². The molecule has 66 valence electrons. The van der Waals surface area contributed by atoms with Crippen molar-refractivity contribution >= 4 is 17.4 Å². The maximum absolute atomic E-state index is 10.3. The Morgan fingerprint density at radius 3 is 3.08 bits per heavy atom. The smallest absolute Gasteiger partial charge is 0.260 e. The van der Waals surface area contributed by atoms with Crippen LogP contribution in [-0.4, -0.2) is 16.4 Å². The van der Waals surface area contributed by atoms with Gasteiger partial charge in [0.1, 0.15) is 5.52 Å². The molecule has 1 heterocycles. The molecule has 4 nitrogen and oxygen atoms in total. The summed E-state index contributed by atoms with van der Waals surface area (Å²) in [5.41, 5.74) is 1.89. The normalized spacial score (nSPS) is 10.5. The van der Waals surface area contributed by atoms with Crippen LogP contribution >= 0.6 is 0 Å². The third-order valence-electron chi connectivity index (χ3n) is 1.75. The van der Waals surface area contributed by atoms with Crippen LogP contribution < -0.4 is 0 Å². The van der Waals surface area contributed by atoms with Crippen molar-refractivity contribution in [3.8, 4) is 0 Å². The molecule has 0 aliphatic rings. The minimum Gasteiger partial charge on any atom is -0.434 e. The van der Waals surface area contributed by atoms with E-state index in [-0.39, 0.29) is 12.5 Å². The van der Waals surface area contributed by atoms with Crippen molar-refractivity contribution in [2.45, 2.75) is 6.61 Å². The first-order valence-electron chi connectivity index (χ1n) is 3.79. The predicted molar refractivity (Wildman–Crippen MR) is 45.3 cm³/mol. The Balaban J connectivity index is 2.63. The highest BCUT2D eigenvalue weighted by Crippen LogP contribution is 2.16. The van der Waals surface area contributed by atoms with E-state index in [1.54, 1.807) is 18.2 Å². The van der Waals surface area contributed by atoms with Crippen LogP contribution in [0.5, 0.6) is 0 Å². The molecule has 0 fully saturated rings. The van der Waals surface area contributed by atoms with Crippen LogP contribution in [0, 0.1) is 0 Å². The highest BCUT2D eigenvalue weighted by molar-refractivity contribution is 5.79. The van der Waals surface area contributed by atoms with Crippen molar-refractivity contribution in [3.05, 3.63) is 29.7 Å². The first-order chi connectivity index (χ1) is 6.33. The zero-order valence-electron chi connectivity index (χ0n) is 6.73. The zero-order valence-corrected chi connectivity index (χ0v) is 6.73. The molecule has 0 radical (unpaired) electrons. The number of fused-ring (bicyclic) bond motifs is 1. The molecule has 0 amide bonds. The lowest BCUT2D eigenvalue weighted by molar-refractivity contribution is 0.109. The van der Waals surface area contributed by atoms with Gasteiger partial charge >= 0.3 is 0 Å². The number of rotatable bonds is 2. The molecule has 0 saturated carbocycles. The fourth-order valence-electron chi connectivity index (χ4n) is 1.14. The Bertz CT molecular complexity index is 447. The van der Waals surface area contributed by atoms with Gasteiger partial charge in [-0.1, -0.05) is 6.07 Å². The lowest BCUT2D eigenvalue weighted by Gasteiger charge is -1.92. The number of carbonyl (C=O) groups is 1. The molecule has 0 saturated heterocycles. The molecule has 2 rings (SSSR count). The van der Waals surface area contributed by atoms with Crippen LogP contribution in [0.4, 0.5) is 0 Å². The quantitative estimate of drug-likeness (QED) is 0.698. The summed E-state index contributed by atoms with van der Waals surface area (Å²) in [6.45, 7) is -0.0424. The Kier molecular flexibility index (Phi) is 1.83. The second-order valence-corrected chi connectivity index (χ2v) is 2.63. The summed E-state index contributed by atoms with van der Waals surface area (Å²) in [4.78, 5) is 14.2. The highest BCUT2D eigenvalue weighted by atomic mass is 16.4. The first kappa shape index (κ1) is 7.94. The number of aldehydes is 1. The molecule has 2 aromatic rings. The second-order valence-electron chi connectivity index (χ2n) is 2.63. The van der Waals surface area contributed by atoms with E-state index in [9.17, 15) is 4.79 Å². The minimum atomic E-state index is -0.0424. The van der Waals surface area contributed by atoms with Crippen LogP contribution in [0.1, 0.15) is 16.2 Å². The van der Waals surface area contributed by atoms with Gasteiger partial charge in [0.25, 0.3) is 5.89 Å². The molecule has 13 heavy (non-hydrogen) atoms. The monoisotopic (exact) mass is 177 g/mol. The molecule has 0 unspecified atom stereocenters. The van der Waals surface area contributed by atoms with Crippen LogP contribution in [0.2, 0.25) is 0 Å². The van der Waals surface area contributed by atoms with Crippen molar-refractivity contribution in [2.24, 2.45) is 0 Å². The molecule has 0 aliphatic carbocycles. The van der Waals surface area contributed by atoms with Gasteiger partial charge in [-0.3, -0.25) is 4.79 Å². The van der Waals surface area contributed by atoms with Gasteiger partial charge in [0.15, 0.2) is 5.58 Å². The Morgan fingerprint density at radius 1 is 1.54 bits per heavy atom. The van der Waals surface area contributed by atoms with Gasteiger partial charge < -0.3 is 9.52 Å². The van der Waals surface area contributed by atoms with E-state index in [2.05, 4.69) is 4.98 Å². The van der Waals surface area contributed by atoms with Crippen LogP contribution in [0.3, 0.4) is 0 Å². The Hall–Kier alpha value is -1.68. The third kappa shape index (κ3) is 1.31. The molecule has 4 heteroatoms. The van der Waals surface area contributed by atoms with Gasteiger partial charge in [-0.2, -0.15) is 0 Å². The van der Waals surface area contributed by atoms with Crippen molar-refractivity contribution < 1.29 is 14.3 Å². The summed E-state index contributed by atoms with van der Waals surface area (Å²) >= 11 is 0. The van der Waals surface area contributed by atoms with Crippen molar-refractivity contribution in [3.63, 3.8) is 0 Å². The molecule has 1 aromatic carbocycles. The van der Waals surface area contributed by atoms with E-state index < -0.39 is 0 Å². The molecule has 0 aliphatic heterocycles. The maximum Gasteiger partial charge on any atom is 0.260 e. The summed E-state index contributed by atoms with van der Waals surface area (Å²) in [5.74, 6) is 0.0603. The highest BCUT2D eigenvalue weighted by Gasteiger charge is 2.04. The van der Waals surface area contributed by atoms with Gasteiger partial charge in [0, 0.05) is 0 Å². The van der Waals surface area contributed by atoms with Crippen molar-refractivity contribution in [1.29, 1.82) is 0 Å². The Morgan fingerprint density at radius 2 is 2.38 bits per heavy atom. The summed E-state index contributed by atoms with van der Waals surface area (Å²) in [5, 5.41) is 8.83. The zero-order chi connectivity index (χ0) is 9.26. The summed E-state index contributed by atoms with van der Waals surface area (Å²) in [7, 11) is 0. The average molecular weight is 177 g/mol. The molecular formula is C9H7NO3. The van der Waals surface area contributed by atoms with E-state index >= 15 is 0 Å². The van der Waals surface area contributed by atoms with E-state index in [4.69, 9.17) is 9.52 Å². The number of benzene rings is 1. The van der Waals surface area contributed by atoms with Gasteiger partial charge in [-0.05, 0) is 17.7 Å². The summed E-state index contributed by atoms with van der Waals surface area (Å²) in [6.07, 6.45) is 0.554. The minimum absolute atomic E-state index is 0.0424. The number of carbonyl (C=O) groups excluding carboxylic acids is 1. The standard InChI is InChI=1S/C9H7NO3/c11-4-6-1-2-8-7(3-6)10-9(5-12)13-8/h1-3,5,11H,4H2. The summed E-state index contributed by atoms with van der Waals surface area (Å²) in [6, 6.07) is 5.09. The number of aliphatic hydroxyl groups excluding tert-OH is 1. The molecule has 0 atom stereocenters. The maximum atomic E-state index is 10.3. The Labute approximate surface area is 73.8 Å². The molecule has 1 N–H and O–H groups in total. The number of aliphatic hydroxyl groups is 1. The number of oxazole rings is 1. The van der Waals surface area contributed by atoms with E-state index in [0.29, 0.717) is 17.4 Å². The van der Waals surface area contributed by atoms with Gasteiger partial charge in [-0.25, -0.2) is 4.98 Å². The predicted octanol–water partition coefficient (Wildman–Crippen LogP) is 1.13. The fraction of sp³-hybridized carbons (Fsp3) is 0.111. The van der Waals surface area contributed by atoms with Gasteiger partial charge in [0.2, 0.25) is 6.29 Å². The SMILES string of the molecule is O=Cc1nc2cc(CO)ccc2o1. The molecule has 0 bridgehead atoms. The van der Waals surface area contributed by atoms with Gasteiger partial charge in [0.05, 0.1) is 6.61 Å². The lowest BCUT2D eigenvalue weighted by atomic mass is 10.2. The third-order valence-corrected chi connectivity index (χ3v) is 1.75. The number of hydrogen-bond acceptors (Lipinski definition) is 4. The lowest BCUT2D eigenvalue weighted by Crippen LogP contribution is -1.81. The largest absolute Gasteiger partial charge is 0.434 e. The van der Waals surface area contributed by atoms with Gasteiger partial charge in [-0.15, -0.1) is 0 Å². The topological polar surface area (TPSA) is 63.3 Å². The molecular weight excluding hydrogens is 170 g/mol. The fourth-order valence-corrected chi connectivity index (χ4v) is 1.14. The summed E-state index contributed by atoms with van der Waals surface area (Å²) < 4.78 is 5.06. The first-order valence-corrected chi connectivity index (χ1v) is 3.79. The van der Waals surface area contributed by atoms with Crippen LogP contribution in [0.15, 0.2) is 22.6 Å². The van der Waals surface area contributed by atoms with Crippen molar-refractivity contribution in [2.75, 3.05) is 0 Å². The molecule has 0 spiro atoms. The number of aromatic nitrogens is 1. The van der Waals surface area contributed by atoms with E-state index in [0.717, 1.165) is 5.56 Å². The number of hydrogen-bond donors (Lipinski definition) is 1. The molecule has 1 aromatic heterocycles. The number of nitrogens with zero attached hydrogens (tertiary/aromatic N) is 1. The average Bonchev–Trinajstić information content (AvgIpc) is 2.58.